The van der Waals surface area contributed by atoms with Gasteiger partial charge in [-0.15, -0.1) is 0 Å². The summed E-state index contributed by atoms with van der Waals surface area (Å²) in [5, 5.41) is 4.22. The number of imidazole rings is 1. The molecule has 3 heterocycles. The fraction of sp³-hybridized carbons (Fsp3) is 0.812. The molecule has 0 spiro atoms. The first-order valence-corrected chi connectivity index (χ1v) is 8.88. The third-order valence-electron chi connectivity index (χ3n) is 4.81. The first-order valence-electron chi connectivity index (χ1n) is 8.50. The minimum absolute atomic E-state index is 0.199. The number of likely N-dealkylation sites (tertiary alicyclic amines) is 1. The summed E-state index contributed by atoms with van der Waals surface area (Å²) >= 11 is 6.26. The van der Waals surface area contributed by atoms with Crippen molar-refractivity contribution in [1.82, 2.24) is 20.2 Å². The molecule has 0 aliphatic carbocycles. The second kappa shape index (κ2) is 7.30. The van der Waals surface area contributed by atoms with Crippen molar-refractivity contribution in [3.8, 4) is 0 Å². The van der Waals surface area contributed by atoms with Gasteiger partial charge in [-0.1, -0.05) is 24.9 Å². The van der Waals surface area contributed by atoms with E-state index in [4.69, 9.17) is 16.3 Å². The Morgan fingerprint density at radius 2 is 2.14 bits per heavy atom. The normalized spacial score (nSPS) is 21.2. The Hall–Kier alpha value is -0.620. The Bertz CT molecular complexity index is 480. The minimum Gasteiger partial charge on any atom is -0.377 e. The van der Waals surface area contributed by atoms with Crippen molar-refractivity contribution >= 4 is 11.6 Å². The van der Waals surface area contributed by atoms with E-state index in [0.717, 1.165) is 50.7 Å². The van der Waals surface area contributed by atoms with Gasteiger partial charge in [-0.05, 0) is 32.4 Å². The van der Waals surface area contributed by atoms with Crippen LogP contribution in [-0.4, -0.2) is 53.3 Å². The van der Waals surface area contributed by atoms with E-state index < -0.39 is 0 Å². The van der Waals surface area contributed by atoms with Gasteiger partial charge in [0.25, 0.3) is 0 Å². The zero-order valence-electron chi connectivity index (χ0n) is 13.5. The number of aromatic amines is 1. The summed E-state index contributed by atoms with van der Waals surface area (Å²) in [5.74, 6) is 1.00. The van der Waals surface area contributed by atoms with Crippen LogP contribution in [0.4, 0.5) is 0 Å². The summed E-state index contributed by atoms with van der Waals surface area (Å²) in [6, 6.07) is 0. The molecule has 0 saturated carbocycles. The van der Waals surface area contributed by atoms with Crippen LogP contribution in [0.1, 0.15) is 44.1 Å². The van der Waals surface area contributed by atoms with Crippen LogP contribution in [0.5, 0.6) is 0 Å². The van der Waals surface area contributed by atoms with E-state index in [0.29, 0.717) is 5.15 Å². The molecule has 2 fully saturated rings. The number of aryl methyl sites for hydroxylation is 1. The highest BCUT2D eigenvalue weighted by molar-refractivity contribution is 6.30. The molecule has 5 nitrogen and oxygen atoms in total. The Morgan fingerprint density at radius 3 is 2.77 bits per heavy atom. The van der Waals surface area contributed by atoms with Crippen molar-refractivity contribution in [3.05, 3.63) is 16.7 Å². The summed E-state index contributed by atoms with van der Waals surface area (Å²) in [6.07, 6.45) is 5.92. The lowest BCUT2D eigenvalue weighted by Crippen LogP contribution is -2.66. The van der Waals surface area contributed by atoms with E-state index in [-0.39, 0.29) is 5.54 Å². The van der Waals surface area contributed by atoms with Gasteiger partial charge in [-0.3, -0.25) is 4.90 Å². The van der Waals surface area contributed by atoms with Crippen LogP contribution in [0.2, 0.25) is 5.15 Å². The maximum absolute atomic E-state index is 6.26. The SMILES string of the molecule is CCCCc1nc(CNCC2(N3CCCC3)COC2)c(Cl)[nH]1. The molecule has 22 heavy (non-hydrogen) atoms. The van der Waals surface area contributed by atoms with Crippen LogP contribution >= 0.6 is 11.6 Å². The molecule has 1 aromatic rings. The van der Waals surface area contributed by atoms with E-state index in [1.54, 1.807) is 0 Å². The Labute approximate surface area is 137 Å². The Kier molecular flexibility index (Phi) is 5.39. The van der Waals surface area contributed by atoms with Gasteiger partial charge in [0.1, 0.15) is 11.0 Å². The van der Waals surface area contributed by atoms with E-state index in [1.165, 1.54) is 32.4 Å². The molecule has 0 radical (unpaired) electrons. The molecule has 3 rings (SSSR count). The number of nitrogens with zero attached hydrogens (tertiary/aromatic N) is 2. The van der Waals surface area contributed by atoms with Crippen molar-refractivity contribution in [2.75, 3.05) is 32.8 Å². The third kappa shape index (κ3) is 3.48. The summed E-state index contributed by atoms with van der Waals surface area (Å²) in [5.41, 5.74) is 1.13. The van der Waals surface area contributed by atoms with Gasteiger partial charge in [0.2, 0.25) is 0 Å². The van der Waals surface area contributed by atoms with Crippen molar-refractivity contribution in [1.29, 1.82) is 0 Å². The predicted octanol–water partition coefficient (Wildman–Crippen LogP) is 2.36. The number of rotatable bonds is 8. The molecule has 0 amide bonds. The predicted molar refractivity (Wildman–Crippen MR) is 88.3 cm³/mol. The van der Waals surface area contributed by atoms with Crippen molar-refractivity contribution in [2.24, 2.45) is 0 Å². The lowest BCUT2D eigenvalue weighted by Gasteiger charge is -2.48. The molecule has 2 N–H and O–H groups in total. The molecular weight excluding hydrogens is 300 g/mol. The molecule has 2 aliphatic heterocycles. The van der Waals surface area contributed by atoms with Crippen molar-refractivity contribution < 1.29 is 4.74 Å². The van der Waals surface area contributed by atoms with Crippen molar-refractivity contribution in [3.63, 3.8) is 0 Å². The van der Waals surface area contributed by atoms with Crippen LogP contribution in [0.15, 0.2) is 0 Å². The standard InChI is InChI=1S/C16H27ClN4O/c1-2-3-6-14-19-13(15(17)20-14)9-18-10-16(11-22-12-16)21-7-4-5-8-21/h18H,2-12H2,1H3,(H,19,20). The average molecular weight is 327 g/mol. The lowest BCUT2D eigenvalue weighted by atomic mass is 9.95. The largest absolute Gasteiger partial charge is 0.377 e. The van der Waals surface area contributed by atoms with Gasteiger partial charge in [0.15, 0.2) is 0 Å². The van der Waals surface area contributed by atoms with Crippen LogP contribution in [0.3, 0.4) is 0 Å². The second-order valence-electron chi connectivity index (χ2n) is 6.56. The quantitative estimate of drug-likeness (QED) is 0.770. The smallest absolute Gasteiger partial charge is 0.130 e. The first kappa shape index (κ1) is 16.2. The number of H-pyrrole nitrogens is 1. The van der Waals surface area contributed by atoms with Crippen molar-refractivity contribution in [2.45, 2.75) is 51.1 Å². The minimum atomic E-state index is 0.199. The number of nitrogens with one attached hydrogen (secondary N) is 2. The number of hydrogen-bond donors (Lipinski definition) is 2. The van der Waals surface area contributed by atoms with E-state index >= 15 is 0 Å². The summed E-state index contributed by atoms with van der Waals surface area (Å²) < 4.78 is 5.50. The number of hydrogen-bond acceptors (Lipinski definition) is 4. The molecule has 0 atom stereocenters. The van der Waals surface area contributed by atoms with Crippen LogP contribution in [0, 0.1) is 0 Å². The Balaban J connectivity index is 1.50. The lowest BCUT2D eigenvalue weighted by molar-refractivity contribution is -0.131. The number of unbranched alkanes of at least 4 members (excludes halogenated alkanes) is 1. The average Bonchev–Trinajstić information content (AvgIpc) is 3.10. The molecule has 0 unspecified atom stereocenters. The highest BCUT2D eigenvalue weighted by Crippen LogP contribution is 2.28. The molecule has 0 bridgehead atoms. The number of ether oxygens (including phenoxy) is 1. The maximum Gasteiger partial charge on any atom is 0.130 e. The molecule has 2 saturated heterocycles. The molecular formula is C16H27ClN4O. The second-order valence-corrected chi connectivity index (χ2v) is 6.94. The highest BCUT2D eigenvalue weighted by Gasteiger charge is 2.44. The zero-order chi connectivity index (χ0) is 15.4. The monoisotopic (exact) mass is 326 g/mol. The molecule has 1 aromatic heterocycles. The van der Waals surface area contributed by atoms with Crippen LogP contribution in [-0.2, 0) is 17.7 Å². The van der Waals surface area contributed by atoms with Gasteiger partial charge in [0, 0.05) is 19.5 Å². The van der Waals surface area contributed by atoms with Gasteiger partial charge < -0.3 is 15.0 Å². The molecule has 124 valence electrons. The van der Waals surface area contributed by atoms with E-state index in [2.05, 4.69) is 27.1 Å². The summed E-state index contributed by atoms with van der Waals surface area (Å²) in [4.78, 5) is 10.4. The van der Waals surface area contributed by atoms with Gasteiger partial charge >= 0.3 is 0 Å². The molecule has 0 aromatic carbocycles. The summed E-state index contributed by atoms with van der Waals surface area (Å²) in [7, 11) is 0. The van der Waals surface area contributed by atoms with Gasteiger partial charge in [-0.25, -0.2) is 4.98 Å². The number of aromatic nitrogens is 2. The van der Waals surface area contributed by atoms with E-state index in [1.807, 2.05) is 0 Å². The first-order chi connectivity index (χ1) is 10.7. The van der Waals surface area contributed by atoms with E-state index in [9.17, 15) is 0 Å². The van der Waals surface area contributed by atoms with Crippen LogP contribution in [0.25, 0.3) is 0 Å². The molecule has 2 aliphatic rings. The Morgan fingerprint density at radius 1 is 1.36 bits per heavy atom. The maximum atomic E-state index is 6.26. The molecule has 6 heteroatoms. The number of halogens is 1. The zero-order valence-corrected chi connectivity index (χ0v) is 14.2. The topological polar surface area (TPSA) is 53.2 Å². The third-order valence-corrected chi connectivity index (χ3v) is 5.12. The fourth-order valence-electron chi connectivity index (χ4n) is 3.36. The van der Waals surface area contributed by atoms with Gasteiger partial charge in [-0.2, -0.15) is 0 Å². The summed E-state index contributed by atoms with van der Waals surface area (Å²) in [6.45, 7) is 7.94. The van der Waals surface area contributed by atoms with Crippen LogP contribution < -0.4 is 5.32 Å². The van der Waals surface area contributed by atoms with Gasteiger partial charge in [0.05, 0.1) is 24.4 Å². The fourth-order valence-corrected chi connectivity index (χ4v) is 3.58. The highest BCUT2D eigenvalue weighted by atomic mass is 35.5.